The summed E-state index contributed by atoms with van der Waals surface area (Å²) in [6.45, 7) is -0.107. The molecule has 0 bridgehead atoms. The van der Waals surface area contributed by atoms with Gasteiger partial charge in [0.2, 0.25) is 5.91 Å². The van der Waals surface area contributed by atoms with Crippen LogP contribution in [0.4, 0.5) is 9.59 Å². The van der Waals surface area contributed by atoms with Crippen LogP contribution in [0.2, 0.25) is 0 Å². The van der Waals surface area contributed by atoms with Crippen LogP contribution >= 0.6 is 0 Å². The number of carbonyl (C=O) groups is 3. The molecule has 29 heavy (non-hydrogen) atoms. The average molecular weight is 401 g/mol. The van der Waals surface area contributed by atoms with E-state index < -0.39 is 17.9 Å². The van der Waals surface area contributed by atoms with Crippen LogP contribution in [-0.2, 0) is 10.3 Å². The van der Waals surface area contributed by atoms with E-state index in [9.17, 15) is 14.4 Å². The Morgan fingerprint density at radius 2 is 1.97 bits per heavy atom. The largest absolute Gasteiger partial charge is 0.497 e. The van der Waals surface area contributed by atoms with Gasteiger partial charge in [-0.3, -0.25) is 9.69 Å². The quantitative estimate of drug-likeness (QED) is 0.777. The van der Waals surface area contributed by atoms with Crippen LogP contribution in [0.3, 0.4) is 0 Å². The predicted molar refractivity (Wildman–Crippen MR) is 105 cm³/mol. The van der Waals surface area contributed by atoms with Gasteiger partial charge in [0, 0.05) is 14.1 Å². The molecular formula is C20H27N5O4. The van der Waals surface area contributed by atoms with Gasteiger partial charge in [-0.25, -0.2) is 9.59 Å². The molecule has 2 saturated heterocycles. The second-order valence-electron chi connectivity index (χ2n) is 8.01. The molecule has 1 aliphatic carbocycles. The topological polar surface area (TPSA) is 94.2 Å². The summed E-state index contributed by atoms with van der Waals surface area (Å²) in [5.41, 5.74) is 0.550. The van der Waals surface area contributed by atoms with Gasteiger partial charge < -0.3 is 25.2 Å². The van der Waals surface area contributed by atoms with Gasteiger partial charge >= 0.3 is 12.1 Å². The van der Waals surface area contributed by atoms with E-state index in [2.05, 4.69) is 10.6 Å². The molecule has 0 spiro atoms. The van der Waals surface area contributed by atoms with Crippen LogP contribution in [0.25, 0.3) is 0 Å². The summed E-state index contributed by atoms with van der Waals surface area (Å²) in [6, 6.07) is 7.24. The first-order chi connectivity index (χ1) is 13.9. The fourth-order valence-corrected chi connectivity index (χ4v) is 4.78. The Hall–Kier alpha value is -2.97. The Bertz CT molecular complexity index is 838. The van der Waals surface area contributed by atoms with Crippen LogP contribution < -0.4 is 15.4 Å². The summed E-state index contributed by atoms with van der Waals surface area (Å²) in [7, 11) is 4.91. The number of rotatable bonds is 5. The maximum Gasteiger partial charge on any atom is 0.323 e. The van der Waals surface area contributed by atoms with Crippen LogP contribution in [0.15, 0.2) is 24.3 Å². The standard InChI is InChI=1S/C20H27N5O4/c1-23-16-17(24(2)19(23)28)25(18(27)21-16)12-15(26)22-20(9-4-5-10-20)13-7-6-8-14(11-13)29-3/h6-8,11,16-17H,4-5,9-10,12H2,1-3H3,(H,21,27)(H,22,26)/t16-,17+/m1/s1. The first kappa shape index (κ1) is 19.4. The van der Waals surface area contributed by atoms with Crippen LogP contribution in [0.5, 0.6) is 5.75 Å². The Kier molecular flexibility index (Phi) is 4.76. The summed E-state index contributed by atoms with van der Waals surface area (Å²) < 4.78 is 5.35. The molecule has 9 nitrogen and oxygen atoms in total. The van der Waals surface area contributed by atoms with Crippen molar-refractivity contribution in [2.24, 2.45) is 0 Å². The van der Waals surface area contributed by atoms with Crippen molar-refractivity contribution < 1.29 is 19.1 Å². The van der Waals surface area contributed by atoms with Gasteiger partial charge in [0.1, 0.15) is 24.6 Å². The highest BCUT2D eigenvalue weighted by Crippen LogP contribution is 2.40. The zero-order valence-corrected chi connectivity index (χ0v) is 17.0. The van der Waals surface area contributed by atoms with Gasteiger partial charge in [-0.2, -0.15) is 0 Å². The van der Waals surface area contributed by atoms with Gasteiger partial charge in [-0.15, -0.1) is 0 Å². The Morgan fingerprint density at radius 1 is 1.24 bits per heavy atom. The molecule has 1 aromatic rings. The Morgan fingerprint density at radius 3 is 2.66 bits per heavy atom. The van der Waals surface area contributed by atoms with Gasteiger partial charge in [-0.05, 0) is 30.5 Å². The fourth-order valence-electron chi connectivity index (χ4n) is 4.78. The SMILES string of the molecule is COc1cccc(C2(NC(=O)CN3C(=O)N[C@H]4[C@H]3N(C)C(=O)N4C)CCCC2)c1. The number of likely N-dealkylation sites (N-methyl/N-ethyl adjacent to an activating group) is 2. The van der Waals surface area contributed by atoms with Gasteiger partial charge in [0.15, 0.2) is 0 Å². The molecule has 2 atom stereocenters. The van der Waals surface area contributed by atoms with E-state index in [1.807, 2.05) is 24.3 Å². The third kappa shape index (κ3) is 3.14. The Balaban J connectivity index is 1.52. The van der Waals surface area contributed by atoms with Gasteiger partial charge in [0.25, 0.3) is 0 Å². The first-order valence-electron chi connectivity index (χ1n) is 9.88. The number of hydrogen-bond donors (Lipinski definition) is 2. The normalized spacial score (nSPS) is 25.3. The van der Waals surface area contributed by atoms with E-state index in [-0.39, 0.29) is 24.5 Å². The smallest absolute Gasteiger partial charge is 0.323 e. The number of urea groups is 2. The van der Waals surface area contributed by atoms with E-state index in [0.717, 1.165) is 37.0 Å². The number of fused-ring (bicyclic) bond motifs is 1. The molecular weight excluding hydrogens is 374 g/mol. The molecule has 1 aromatic carbocycles. The predicted octanol–water partition coefficient (Wildman–Crippen LogP) is 1.26. The minimum Gasteiger partial charge on any atom is -0.497 e. The molecule has 3 fully saturated rings. The molecule has 2 aliphatic heterocycles. The van der Waals surface area contributed by atoms with Crippen molar-refractivity contribution in [2.45, 2.75) is 43.6 Å². The van der Waals surface area contributed by atoms with Crippen molar-refractivity contribution in [3.63, 3.8) is 0 Å². The molecule has 4 rings (SSSR count). The van der Waals surface area contributed by atoms with E-state index in [1.54, 1.807) is 21.2 Å². The molecule has 156 valence electrons. The lowest BCUT2D eigenvalue weighted by Gasteiger charge is -2.33. The second-order valence-corrected chi connectivity index (χ2v) is 8.01. The zero-order chi connectivity index (χ0) is 20.8. The highest BCUT2D eigenvalue weighted by Gasteiger charge is 2.53. The summed E-state index contributed by atoms with van der Waals surface area (Å²) in [6.07, 6.45) is 2.77. The van der Waals surface area contributed by atoms with Crippen LogP contribution in [0, 0.1) is 0 Å². The number of hydrogen-bond acceptors (Lipinski definition) is 4. The second kappa shape index (κ2) is 7.13. The molecule has 3 aliphatic rings. The lowest BCUT2D eigenvalue weighted by Crippen LogP contribution is -2.52. The summed E-state index contributed by atoms with van der Waals surface area (Å²) >= 11 is 0. The fraction of sp³-hybridized carbons (Fsp3) is 0.550. The minimum absolute atomic E-state index is 0.107. The van der Waals surface area contributed by atoms with Crippen LogP contribution in [-0.4, -0.2) is 72.8 Å². The van der Waals surface area contributed by atoms with Gasteiger partial charge in [-0.1, -0.05) is 25.0 Å². The van der Waals surface area contributed by atoms with Crippen molar-refractivity contribution in [3.05, 3.63) is 29.8 Å². The first-order valence-corrected chi connectivity index (χ1v) is 9.88. The molecule has 0 radical (unpaired) electrons. The van der Waals surface area contributed by atoms with Gasteiger partial charge in [0.05, 0.1) is 12.6 Å². The highest BCUT2D eigenvalue weighted by molar-refractivity contribution is 5.89. The third-order valence-corrected chi connectivity index (χ3v) is 6.32. The third-order valence-electron chi connectivity index (χ3n) is 6.32. The van der Waals surface area contributed by atoms with Crippen LogP contribution in [0.1, 0.15) is 31.2 Å². The van der Waals surface area contributed by atoms with E-state index >= 15 is 0 Å². The summed E-state index contributed by atoms with van der Waals surface area (Å²) in [4.78, 5) is 42.0. The van der Waals surface area contributed by atoms with E-state index in [1.165, 1.54) is 14.7 Å². The molecule has 0 aromatic heterocycles. The molecule has 0 unspecified atom stereocenters. The molecule has 2 heterocycles. The number of carbonyl (C=O) groups excluding carboxylic acids is 3. The van der Waals surface area contributed by atoms with E-state index in [0.29, 0.717) is 0 Å². The van der Waals surface area contributed by atoms with E-state index in [4.69, 9.17) is 4.74 Å². The lowest BCUT2D eigenvalue weighted by molar-refractivity contribution is -0.124. The summed E-state index contributed by atoms with van der Waals surface area (Å²) in [5.74, 6) is 0.514. The van der Waals surface area contributed by atoms with Crippen molar-refractivity contribution in [1.29, 1.82) is 0 Å². The Labute approximate surface area is 170 Å². The molecule has 9 heteroatoms. The lowest BCUT2D eigenvalue weighted by atomic mass is 9.88. The summed E-state index contributed by atoms with van der Waals surface area (Å²) in [5, 5.41) is 5.98. The highest BCUT2D eigenvalue weighted by atomic mass is 16.5. The van der Waals surface area contributed by atoms with Crippen molar-refractivity contribution in [3.8, 4) is 5.75 Å². The monoisotopic (exact) mass is 401 g/mol. The van der Waals surface area contributed by atoms with Crippen molar-refractivity contribution >= 4 is 18.0 Å². The maximum absolute atomic E-state index is 13.0. The zero-order valence-electron chi connectivity index (χ0n) is 17.0. The number of nitrogens with zero attached hydrogens (tertiary/aromatic N) is 3. The van der Waals surface area contributed by atoms with Crippen molar-refractivity contribution in [1.82, 2.24) is 25.3 Å². The molecule has 5 amide bonds. The maximum atomic E-state index is 13.0. The number of ether oxygens (including phenoxy) is 1. The number of methoxy groups -OCH3 is 1. The number of benzene rings is 1. The molecule has 1 saturated carbocycles. The van der Waals surface area contributed by atoms with Crippen molar-refractivity contribution in [2.75, 3.05) is 27.7 Å². The molecule has 2 N–H and O–H groups in total. The number of amides is 5. The average Bonchev–Trinajstić information content (AvgIpc) is 3.37. The number of nitrogens with one attached hydrogen (secondary N) is 2. The minimum atomic E-state index is -0.498.